The Morgan fingerprint density at radius 2 is 0.900 bits per heavy atom. The van der Waals surface area contributed by atoms with Crippen molar-refractivity contribution in [1.82, 2.24) is 0 Å². The van der Waals surface area contributed by atoms with Crippen LogP contribution in [-0.2, 0) is 0 Å². The standard InChI is InChI=1S/C17H34O3/c1-2-3-4-5-6-7-8-9-10-11-12-13-14-15-16(18)17(19)20/h18-20H,2-15H2,1H3. The first-order valence-corrected chi connectivity index (χ1v) is 8.48. The van der Waals surface area contributed by atoms with Gasteiger partial charge in [-0.05, 0) is 6.42 Å². The predicted octanol–water partition coefficient (Wildman–Crippen LogP) is 6.31. The second kappa shape index (κ2) is 14.5. The molecule has 0 saturated heterocycles. The van der Waals surface area contributed by atoms with Crippen molar-refractivity contribution in [2.75, 3.05) is 0 Å². The largest absolute Gasteiger partial charge is 0.506 e. The Morgan fingerprint density at radius 1 is 0.550 bits per heavy atom. The second-order valence-corrected chi connectivity index (χ2v) is 5.76. The third kappa shape index (κ3) is 13.6. The van der Waals surface area contributed by atoms with E-state index in [0.717, 1.165) is 12.8 Å². The van der Waals surface area contributed by atoms with Crippen LogP contribution in [0.1, 0.15) is 96.8 Å². The summed E-state index contributed by atoms with van der Waals surface area (Å²) in [7, 11) is 0. The van der Waals surface area contributed by atoms with Crippen molar-refractivity contribution in [3.63, 3.8) is 0 Å². The Balaban J connectivity index is 3.08. The van der Waals surface area contributed by atoms with Crippen LogP contribution in [0.15, 0.2) is 11.7 Å². The van der Waals surface area contributed by atoms with Crippen molar-refractivity contribution < 1.29 is 15.3 Å². The van der Waals surface area contributed by atoms with Gasteiger partial charge in [0.25, 0.3) is 0 Å². The average Bonchev–Trinajstić information content (AvgIpc) is 2.43. The summed E-state index contributed by atoms with van der Waals surface area (Å²) >= 11 is 0. The minimum Gasteiger partial charge on any atom is -0.506 e. The van der Waals surface area contributed by atoms with E-state index in [1.165, 1.54) is 70.6 Å². The number of hydrogen-bond acceptors (Lipinski definition) is 3. The van der Waals surface area contributed by atoms with Crippen LogP contribution in [-0.4, -0.2) is 15.3 Å². The molecular weight excluding hydrogens is 252 g/mol. The fourth-order valence-electron chi connectivity index (χ4n) is 2.42. The first kappa shape index (κ1) is 19.1. The molecule has 0 aliphatic heterocycles. The monoisotopic (exact) mass is 286 g/mol. The Bertz CT molecular complexity index is 232. The molecule has 3 heteroatoms. The Hall–Kier alpha value is -0.860. The number of aliphatic hydroxyl groups is 3. The van der Waals surface area contributed by atoms with Crippen LogP contribution in [0.4, 0.5) is 0 Å². The average molecular weight is 286 g/mol. The predicted molar refractivity (Wildman–Crippen MR) is 85.2 cm³/mol. The van der Waals surface area contributed by atoms with E-state index in [9.17, 15) is 0 Å². The highest BCUT2D eigenvalue weighted by molar-refractivity contribution is 4.88. The van der Waals surface area contributed by atoms with Crippen molar-refractivity contribution in [2.45, 2.75) is 96.8 Å². The van der Waals surface area contributed by atoms with E-state index in [4.69, 9.17) is 15.3 Å². The van der Waals surface area contributed by atoms with Crippen molar-refractivity contribution in [3.8, 4) is 0 Å². The van der Waals surface area contributed by atoms with Gasteiger partial charge in [0.2, 0.25) is 0 Å². The van der Waals surface area contributed by atoms with E-state index in [0.29, 0.717) is 6.42 Å². The Morgan fingerprint density at radius 3 is 1.25 bits per heavy atom. The zero-order chi connectivity index (χ0) is 15.1. The first-order chi connectivity index (χ1) is 9.68. The molecule has 0 aliphatic rings. The van der Waals surface area contributed by atoms with Crippen LogP contribution >= 0.6 is 0 Å². The molecule has 0 unspecified atom stereocenters. The third-order valence-electron chi connectivity index (χ3n) is 3.78. The summed E-state index contributed by atoms with van der Waals surface area (Å²) in [6, 6.07) is 0. The van der Waals surface area contributed by atoms with Crippen LogP contribution in [0.3, 0.4) is 0 Å². The van der Waals surface area contributed by atoms with Crippen molar-refractivity contribution in [1.29, 1.82) is 0 Å². The fourth-order valence-corrected chi connectivity index (χ4v) is 2.42. The first-order valence-electron chi connectivity index (χ1n) is 8.48. The van der Waals surface area contributed by atoms with Gasteiger partial charge in [-0.15, -0.1) is 0 Å². The maximum absolute atomic E-state index is 9.08. The van der Waals surface area contributed by atoms with Crippen molar-refractivity contribution in [3.05, 3.63) is 11.7 Å². The molecule has 0 aromatic heterocycles. The quantitative estimate of drug-likeness (QED) is 0.259. The molecular formula is C17H34O3. The van der Waals surface area contributed by atoms with Crippen LogP contribution in [0.25, 0.3) is 0 Å². The van der Waals surface area contributed by atoms with Crippen molar-refractivity contribution in [2.24, 2.45) is 0 Å². The summed E-state index contributed by atoms with van der Waals surface area (Å²) < 4.78 is 0. The summed E-state index contributed by atoms with van der Waals surface area (Å²) in [5, 5.41) is 26.3. The molecule has 3 N–H and O–H groups in total. The molecule has 0 aliphatic carbocycles. The van der Waals surface area contributed by atoms with Crippen LogP contribution in [0, 0.1) is 0 Å². The van der Waals surface area contributed by atoms with Crippen molar-refractivity contribution >= 4 is 0 Å². The van der Waals surface area contributed by atoms with E-state index < -0.39 is 5.95 Å². The summed E-state index contributed by atoms with van der Waals surface area (Å²) in [5.74, 6) is -1.21. The second-order valence-electron chi connectivity index (χ2n) is 5.76. The fraction of sp³-hybridized carbons (Fsp3) is 0.882. The maximum atomic E-state index is 9.08. The van der Waals surface area contributed by atoms with Gasteiger partial charge in [0.05, 0.1) is 0 Å². The minimum atomic E-state index is -0.927. The highest BCUT2D eigenvalue weighted by Gasteiger charge is 2.00. The number of rotatable bonds is 14. The molecule has 0 radical (unpaired) electrons. The van der Waals surface area contributed by atoms with Gasteiger partial charge in [0.1, 0.15) is 0 Å². The van der Waals surface area contributed by atoms with E-state index in [1.54, 1.807) is 0 Å². The van der Waals surface area contributed by atoms with Gasteiger partial charge in [0.15, 0.2) is 5.76 Å². The molecule has 0 saturated carbocycles. The van der Waals surface area contributed by atoms with Gasteiger partial charge in [-0.25, -0.2) is 0 Å². The molecule has 0 amide bonds. The van der Waals surface area contributed by atoms with Gasteiger partial charge >= 0.3 is 5.95 Å². The van der Waals surface area contributed by atoms with E-state index >= 15 is 0 Å². The van der Waals surface area contributed by atoms with Crippen LogP contribution in [0.2, 0.25) is 0 Å². The lowest BCUT2D eigenvalue weighted by molar-refractivity contribution is 0.153. The zero-order valence-electron chi connectivity index (χ0n) is 13.2. The van der Waals surface area contributed by atoms with E-state index in [2.05, 4.69) is 6.92 Å². The molecule has 0 bridgehead atoms. The molecule has 3 nitrogen and oxygen atoms in total. The summed E-state index contributed by atoms with van der Waals surface area (Å²) in [6.07, 6.45) is 17.0. The molecule has 0 fully saturated rings. The molecule has 20 heavy (non-hydrogen) atoms. The Labute approximate surface area is 124 Å². The minimum absolute atomic E-state index is 0.284. The lowest BCUT2D eigenvalue weighted by Crippen LogP contribution is -1.90. The molecule has 0 rings (SSSR count). The van der Waals surface area contributed by atoms with Gasteiger partial charge in [-0.3, -0.25) is 0 Å². The maximum Gasteiger partial charge on any atom is 0.313 e. The molecule has 0 aromatic carbocycles. The number of hydrogen-bond donors (Lipinski definition) is 3. The Kier molecular flexibility index (Phi) is 13.9. The SMILES string of the molecule is CCCCCCCCCCCCCCCC(O)=C(O)O. The van der Waals surface area contributed by atoms with Gasteiger partial charge < -0.3 is 15.3 Å². The van der Waals surface area contributed by atoms with Gasteiger partial charge in [-0.1, -0.05) is 84.0 Å². The summed E-state index contributed by atoms with van der Waals surface area (Å²) in [4.78, 5) is 0. The topological polar surface area (TPSA) is 60.7 Å². The zero-order valence-corrected chi connectivity index (χ0v) is 13.2. The van der Waals surface area contributed by atoms with Crippen LogP contribution < -0.4 is 0 Å². The summed E-state index contributed by atoms with van der Waals surface area (Å²) in [5.41, 5.74) is 0. The van der Waals surface area contributed by atoms with Gasteiger partial charge in [-0.2, -0.15) is 0 Å². The molecule has 0 atom stereocenters. The third-order valence-corrected chi connectivity index (χ3v) is 3.78. The van der Waals surface area contributed by atoms with E-state index in [1.807, 2.05) is 0 Å². The number of aliphatic hydroxyl groups excluding tert-OH is 2. The molecule has 0 heterocycles. The number of allylic oxidation sites excluding steroid dienone is 1. The molecule has 0 aromatic rings. The number of unbranched alkanes of at least 4 members (excludes halogenated alkanes) is 12. The lowest BCUT2D eigenvalue weighted by atomic mass is 10.0. The lowest BCUT2D eigenvalue weighted by Gasteiger charge is -2.03. The smallest absolute Gasteiger partial charge is 0.313 e. The van der Waals surface area contributed by atoms with Crippen LogP contribution in [0.5, 0.6) is 0 Å². The van der Waals surface area contributed by atoms with Gasteiger partial charge in [0, 0.05) is 6.42 Å². The summed E-state index contributed by atoms with van der Waals surface area (Å²) in [6.45, 7) is 2.25. The highest BCUT2D eigenvalue weighted by Crippen LogP contribution is 2.14. The van der Waals surface area contributed by atoms with E-state index in [-0.39, 0.29) is 5.76 Å². The highest BCUT2D eigenvalue weighted by atomic mass is 16.5. The molecule has 0 spiro atoms. The molecule has 120 valence electrons. The normalized spacial score (nSPS) is 10.7.